The molecule has 2 aromatic rings. The van der Waals surface area contributed by atoms with E-state index in [-0.39, 0.29) is 16.2 Å². The first-order valence-corrected chi connectivity index (χ1v) is 6.13. The summed E-state index contributed by atoms with van der Waals surface area (Å²) < 4.78 is 14.0. The van der Waals surface area contributed by atoms with E-state index in [1.165, 1.54) is 0 Å². The summed E-state index contributed by atoms with van der Waals surface area (Å²) in [5.41, 5.74) is 1.70. The summed E-state index contributed by atoms with van der Waals surface area (Å²) in [6.45, 7) is 1.66. The quantitative estimate of drug-likeness (QED) is 0.570. The van der Waals surface area contributed by atoms with E-state index in [2.05, 4.69) is 0 Å². The van der Waals surface area contributed by atoms with Crippen LogP contribution in [0.3, 0.4) is 0 Å². The molecule has 0 aliphatic carbocycles. The molecule has 0 radical (unpaired) electrons. The molecule has 94 valence electrons. The van der Waals surface area contributed by atoms with Crippen molar-refractivity contribution in [1.82, 2.24) is 0 Å². The second kappa shape index (κ2) is 5.69. The van der Waals surface area contributed by atoms with Crippen molar-refractivity contribution >= 4 is 22.2 Å². The second-order valence-electron chi connectivity index (χ2n) is 4.10. The summed E-state index contributed by atoms with van der Waals surface area (Å²) >= 11 is 6.20. The lowest BCUT2D eigenvalue weighted by atomic mass is 10.0. The van der Waals surface area contributed by atoms with Gasteiger partial charge in [-0.25, -0.2) is 4.39 Å². The molecule has 0 saturated heterocycles. The van der Waals surface area contributed by atoms with Crippen molar-refractivity contribution in [3.05, 3.63) is 71.0 Å². The second-order valence-corrected chi connectivity index (χ2v) is 4.48. The van der Waals surface area contributed by atoms with Crippen LogP contribution in [0.15, 0.2) is 48.5 Å². The molecule has 0 heterocycles. The first kappa shape index (κ1) is 13.3. The summed E-state index contributed by atoms with van der Waals surface area (Å²) in [5.74, 6) is -0.392. The van der Waals surface area contributed by atoms with Gasteiger partial charge in [-0.3, -0.25) is 0 Å². The van der Waals surface area contributed by atoms with Gasteiger partial charge in [0.25, 0.3) is 0 Å². The fourth-order valence-electron chi connectivity index (χ4n) is 1.80. The number of allylic oxidation sites excluding steroid dienone is 1. The number of benzene rings is 2. The van der Waals surface area contributed by atoms with Gasteiger partial charge in [-0.05, 0) is 18.1 Å². The zero-order valence-electron chi connectivity index (χ0n) is 10.3. The lowest BCUT2D eigenvalue weighted by Gasteiger charge is -2.07. The van der Waals surface area contributed by atoms with Gasteiger partial charge in [0, 0.05) is 5.56 Å². The van der Waals surface area contributed by atoms with Crippen LogP contribution in [0.2, 0.25) is 0 Å². The lowest BCUT2D eigenvalue weighted by molar-refractivity contribution is 0.615. The van der Waals surface area contributed by atoms with Gasteiger partial charge in [-0.2, -0.15) is 5.26 Å². The van der Waals surface area contributed by atoms with Gasteiger partial charge in [0.15, 0.2) is 0 Å². The van der Waals surface area contributed by atoms with Crippen molar-refractivity contribution in [3.8, 4) is 6.07 Å². The molecule has 2 aromatic carbocycles. The fraction of sp³-hybridized carbons (Fsp3) is 0.0625. The molecule has 0 aliphatic rings. The minimum absolute atomic E-state index is 0.134. The zero-order valence-corrected chi connectivity index (χ0v) is 11.1. The van der Waals surface area contributed by atoms with Crippen LogP contribution in [0.1, 0.15) is 16.7 Å². The molecule has 0 N–H and O–H groups in total. The Labute approximate surface area is 116 Å². The highest BCUT2D eigenvalue weighted by atomic mass is 35.5. The molecule has 0 aromatic heterocycles. The smallest absolute Gasteiger partial charge is 0.134 e. The van der Waals surface area contributed by atoms with Crippen LogP contribution in [-0.4, -0.2) is 0 Å². The van der Waals surface area contributed by atoms with Crippen LogP contribution in [0.25, 0.3) is 10.6 Å². The van der Waals surface area contributed by atoms with Crippen LogP contribution in [0.5, 0.6) is 0 Å². The van der Waals surface area contributed by atoms with E-state index in [0.29, 0.717) is 11.1 Å². The number of nitriles is 1. The molecule has 1 nitrogen and oxygen atoms in total. The number of nitrogens with zero attached hydrogens (tertiary/aromatic N) is 1. The lowest BCUT2D eigenvalue weighted by Crippen LogP contribution is -1.92. The fourth-order valence-corrected chi connectivity index (χ4v) is 2.09. The molecule has 0 amide bonds. The van der Waals surface area contributed by atoms with Crippen LogP contribution < -0.4 is 0 Å². The molecule has 0 aliphatic heterocycles. The van der Waals surface area contributed by atoms with E-state index in [0.717, 1.165) is 0 Å². The Balaban J connectivity index is 2.63. The highest BCUT2D eigenvalue weighted by molar-refractivity contribution is 6.53. The van der Waals surface area contributed by atoms with Crippen molar-refractivity contribution in [2.45, 2.75) is 6.92 Å². The first-order valence-electron chi connectivity index (χ1n) is 5.76. The van der Waals surface area contributed by atoms with Crippen molar-refractivity contribution in [3.63, 3.8) is 0 Å². The largest absolute Gasteiger partial charge is 0.206 e. The number of aryl methyl sites for hydroxylation is 1. The molecular formula is C16H11ClFN. The monoisotopic (exact) mass is 271 g/mol. The average Bonchev–Trinajstić information content (AvgIpc) is 2.44. The van der Waals surface area contributed by atoms with E-state index in [1.807, 2.05) is 24.3 Å². The van der Waals surface area contributed by atoms with E-state index in [4.69, 9.17) is 11.6 Å². The Morgan fingerprint density at radius 3 is 2.42 bits per heavy atom. The molecule has 0 atom stereocenters. The Morgan fingerprint density at radius 1 is 1.11 bits per heavy atom. The zero-order chi connectivity index (χ0) is 13.8. The third kappa shape index (κ3) is 2.67. The molecule has 0 bridgehead atoms. The molecular weight excluding hydrogens is 261 g/mol. The Kier molecular flexibility index (Phi) is 3.99. The predicted molar refractivity (Wildman–Crippen MR) is 75.9 cm³/mol. The van der Waals surface area contributed by atoms with E-state index in [9.17, 15) is 9.65 Å². The summed E-state index contributed by atoms with van der Waals surface area (Å²) in [7, 11) is 0. The molecule has 0 saturated carbocycles. The molecule has 0 spiro atoms. The third-order valence-corrected chi connectivity index (χ3v) is 3.21. The highest BCUT2D eigenvalue weighted by Crippen LogP contribution is 2.31. The summed E-state index contributed by atoms with van der Waals surface area (Å²) in [4.78, 5) is 0. The molecule has 2 rings (SSSR count). The SMILES string of the molecule is Cc1cccc(/C(Cl)=C(/C#N)c2ccccc2)c1F. The topological polar surface area (TPSA) is 23.8 Å². The standard InChI is InChI=1S/C16H11ClFN/c1-11-6-5-9-13(16(11)18)15(17)14(10-19)12-7-3-2-4-8-12/h2-9H,1H3/b15-14+. The minimum atomic E-state index is -0.392. The number of hydrogen-bond donors (Lipinski definition) is 0. The van der Waals surface area contributed by atoms with Gasteiger partial charge < -0.3 is 0 Å². The molecule has 0 fully saturated rings. The van der Waals surface area contributed by atoms with Gasteiger partial charge in [-0.1, -0.05) is 60.1 Å². The van der Waals surface area contributed by atoms with Gasteiger partial charge in [0.1, 0.15) is 11.9 Å². The summed E-state index contributed by atoms with van der Waals surface area (Å²) in [5, 5.41) is 9.39. The van der Waals surface area contributed by atoms with Crippen LogP contribution in [-0.2, 0) is 0 Å². The van der Waals surface area contributed by atoms with Gasteiger partial charge in [0.05, 0.1) is 10.6 Å². The maximum atomic E-state index is 14.0. The normalized spacial score (nSPS) is 11.7. The number of hydrogen-bond acceptors (Lipinski definition) is 1. The van der Waals surface area contributed by atoms with Crippen LogP contribution in [0.4, 0.5) is 4.39 Å². The van der Waals surface area contributed by atoms with Crippen molar-refractivity contribution in [2.24, 2.45) is 0 Å². The first-order chi connectivity index (χ1) is 9.15. The highest BCUT2D eigenvalue weighted by Gasteiger charge is 2.14. The Hall–Kier alpha value is -2.11. The van der Waals surface area contributed by atoms with E-state index >= 15 is 0 Å². The maximum absolute atomic E-state index is 14.0. The van der Waals surface area contributed by atoms with Gasteiger partial charge in [-0.15, -0.1) is 0 Å². The summed E-state index contributed by atoms with van der Waals surface area (Å²) in [6, 6.07) is 16.0. The van der Waals surface area contributed by atoms with Crippen LogP contribution >= 0.6 is 11.6 Å². The van der Waals surface area contributed by atoms with Gasteiger partial charge >= 0.3 is 0 Å². The van der Waals surface area contributed by atoms with Crippen molar-refractivity contribution in [1.29, 1.82) is 5.26 Å². The molecule has 3 heteroatoms. The van der Waals surface area contributed by atoms with Crippen LogP contribution in [0, 0.1) is 24.1 Å². The maximum Gasteiger partial charge on any atom is 0.134 e. The summed E-state index contributed by atoms with van der Waals surface area (Å²) in [6.07, 6.45) is 0. The van der Waals surface area contributed by atoms with Crippen molar-refractivity contribution < 1.29 is 4.39 Å². The van der Waals surface area contributed by atoms with Crippen molar-refractivity contribution in [2.75, 3.05) is 0 Å². The average molecular weight is 272 g/mol. The molecule has 0 unspecified atom stereocenters. The minimum Gasteiger partial charge on any atom is -0.206 e. The number of halogens is 2. The third-order valence-electron chi connectivity index (χ3n) is 2.82. The van der Waals surface area contributed by atoms with Gasteiger partial charge in [0.2, 0.25) is 0 Å². The van der Waals surface area contributed by atoms with E-state index in [1.54, 1.807) is 37.3 Å². The predicted octanol–water partition coefficient (Wildman–Crippen LogP) is 4.76. The Bertz CT molecular complexity index is 669. The molecule has 19 heavy (non-hydrogen) atoms. The Morgan fingerprint density at radius 2 is 1.79 bits per heavy atom. The van der Waals surface area contributed by atoms with E-state index < -0.39 is 5.82 Å². The number of rotatable bonds is 2.